The third-order valence-electron chi connectivity index (χ3n) is 2.14. The van der Waals surface area contributed by atoms with Crippen LogP contribution in [0.4, 0.5) is 10.1 Å². The lowest BCUT2D eigenvalue weighted by Crippen LogP contribution is -2.11. The largest absolute Gasteiger partial charge is 0.320 e. The van der Waals surface area contributed by atoms with Gasteiger partial charge in [-0.05, 0) is 29.7 Å². The van der Waals surface area contributed by atoms with E-state index in [9.17, 15) is 9.18 Å². The Labute approximate surface area is 112 Å². The van der Waals surface area contributed by atoms with Gasteiger partial charge in [0, 0.05) is 0 Å². The van der Waals surface area contributed by atoms with Crippen LogP contribution in [0.3, 0.4) is 0 Å². The molecular weight excluding hydrogens is 267 g/mol. The van der Waals surface area contributed by atoms with Gasteiger partial charge in [-0.3, -0.25) is 4.79 Å². The number of hydrogen-bond donors (Lipinski definition) is 2. The van der Waals surface area contributed by atoms with Crippen molar-refractivity contribution >= 4 is 23.1 Å². The Balaban J connectivity index is 2.27. The second-order valence-corrected chi connectivity index (χ2v) is 4.22. The summed E-state index contributed by atoms with van der Waals surface area (Å²) < 4.78 is 16.8. The maximum absolute atomic E-state index is 13.2. The summed E-state index contributed by atoms with van der Waals surface area (Å²) in [5.74, 6) is 4.53. The third kappa shape index (κ3) is 3.34. The summed E-state index contributed by atoms with van der Waals surface area (Å²) in [6, 6.07) is 3.93. The fourth-order valence-electron chi connectivity index (χ4n) is 1.33. The van der Waals surface area contributed by atoms with Gasteiger partial charge in [0.15, 0.2) is 0 Å². The van der Waals surface area contributed by atoms with Crippen LogP contribution in [0.5, 0.6) is 0 Å². The van der Waals surface area contributed by atoms with Gasteiger partial charge in [0.25, 0.3) is 5.91 Å². The predicted octanol–water partition coefficient (Wildman–Crippen LogP) is 1.24. The van der Waals surface area contributed by atoms with Gasteiger partial charge in [0.2, 0.25) is 0 Å². The van der Waals surface area contributed by atoms with E-state index < -0.39 is 5.82 Å². The molecule has 1 aromatic heterocycles. The molecule has 0 aliphatic carbocycles. The number of nitrogens with one attached hydrogen (secondary N) is 1. The Morgan fingerprint density at radius 3 is 3.05 bits per heavy atom. The molecule has 0 fully saturated rings. The number of nitrogens with two attached hydrogens (primary N) is 1. The molecule has 0 bridgehead atoms. The molecule has 0 aliphatic heterocycles. The predicted molar refractivity (Wildman–Crippen MR) is 70.2 cm³/mol. The molecule has 1 heterocycles. The molecule has 0 saturated carbocycles. The Hall–Kier alpha value is -2.30. The molecule has 0 radical (unpaired) electrons. The van der Waals surface area contributed by atoms with Gasteiger partial charge >= 0.3 is 0 Å². The monoisotopic (exact) mass is 276 g/mol. The lowest BCUT2D eigenvalue weighted by Gasteiger charge is -2.06. The van der Waals surface area contributed by atoms with Gasteiger partial charge in [-0.25, -0.2) is 4.39 Å². The van der Waals surface area contributed by atoms with Gasteiger partial charge in [-0.2, -0.15) is 0 Å². The van der Waals surface area contributed by atoms with Crippen molar-refractivity contribution < 1.29 is 9.18 Å². The summed E-state index contributed by atoms with van der Waals surface area (Å²) >= 11 is 0.974. The maximum Gasteiger partial charge on any atom is 0.269 e. The molecule has 0 atom stereocenters. The van der Waals surface area contributed by atoms with Crippen molar-refractivity contribution in [3.8, 4) is 11.8 Å². The molecule has 1 amide bonds. The van der Waals surface area contributed by atoms with Crippen molar-refractivity contribution in [3.05, 3.63) is 40.7 Å². The average Bonchev–Trinajstić information content (AvgIpc) is 2.93. The first kappa shape index (κ1) is 13.1. The number of amides is 1. The van der Waals surface area contributed by atoms with E-state index in [-0.39, 0.29) is 12.5 Å². The number of benzene rings is 1. The number of halogens is 1. The highest BCUT2D eigenvalue weighted by Gasteiger charge is 2.11. The topological polar surface area (TPSA) is 80.9 Å². The van der Waals surface area contributed by atoms with Crippen LogP contribution in [0.1, 0.15) is 15.2 Å². The van der Waals surface area contributed by atoms with Gasteiger partial charge < -0.3 is 11.1 Å². The highest BCUT2D eigenvalue weighted by Crippen LogP contribution is 2.17. The zero-order chi connectivity index (χ0) is 13.7. The van der Waals surface area contributed by atoms with E-state index in [2.05, 4.69) is 26.7 Å². The van der Waals surface area contributed by atoms with Crippen molar-refractivity contribution in [2.45, 2.75) is 0 Å². The van der Waals surface area contributed by atoms with Crippen LogP contribution in [0.15, 0.2) is 24.4 Å². The summed E-state index contributed by atoms with van der Waals surface area (Å²) in [5.41, 5.74) is 6.06. The van der Waals surface area contributed by atoms with E-state index in [1.165, 1.54) is 24.4 Å². The van der Waals surface area contributed by atoms with Crippen LogP contribution >= 0.6 is 11.5 Å². The van der Waals surface area contributed by atoms with Crippen LogP contribution in [0.25, 0.3) is 0 Å². The van der Waals surface area contributed by atoms with Crippen LogP contribution in [0.2, 0.25) is 0 Å². The van der Waals surface area contributed by atoms with E-state index in [0.29, 0.717) is 16.1 Å². The summed E-state index contributed by atoms with van der Waals surface area (Å²) in [4.78, 5) is 12.2. The lowest BCUT2D eigenvalue weighted by atomic mass is 10.1. The second kappa shape index (κ2) is 6.04. The van der Waals surface area contributed by atoms with Crippen LogP contribution in [0, 0.1) is 17.7 Å². The first-order valence-electron chi connectivity index (χ1n) is 5.28. The summed E-state index contributed by atoms with van der Waals surface area (Å²) in [6.45, 7) is 0.155. The van der Waals surface area contributed by atoms with Crippen molar-refractivity contribution in [1.82, 2.24) is 9.59 Å². The van der Waals surface area contributed by atoms with Gasteiger partial charge in [-0.15, -0.1) is 5.10 Å². The number of nitrogens with zero attached hydrogens (tertiary/aromatic N) is 2. The minimum Gasteiger partial charge on any atom is -0.320 e. The fraction of sp³-hybridized carbons (Fsp3) is 0.0833. The SMILES string of the molecule is NCC#Cc1cc(F)ccc1NC(=O)c1cnns1. The number of anilines is 1. The number of rotatable bonds is 2. The second-order valence-electron chi connectivity index (χ2n) is 3.43. The van der Waals surface area contributed by atoms with E-state index in [0.717, 1.165) is 11.5 Å². The molecule has 2 rings (SSSR count). The fourth-order valence-corrected chi connectivity index (χ4v) is 1.74. The lowest BCUT2D eigenvalue weighted by molar-refractivity contribution is 0.103. The molecule has 19 heavy (non-hydrogen) atoms. The first-order chi connectivity index (χ1) is 9.20. The van der Waals surface area contributed by atoms with Crippen LogP contribution < -0.4 is 11.1 Å². The van der Waals surface area contributed by atoms with E-state index in [4.69, 9.17) is 5.73 Å². The number of aromatic nitrogens is 2. The van der Waals surface area contributed by atoms with E-state index >= 15 is 0 Å². The molecule has 5 nitrogen and oxygen atoms in total. The maximum atomic E-state index is 13.2. The Morgan fingerprint density at radius 1 is 1.53 bits per heavy atom. The molecule has 96 valence electrons. The van der Waals surface area contributed by atoms with Crippen LogP contribution in [-0.2, 0) is 0 Å². The first-order valence-corrected chi connectivity index (χ1v) is 6.05. The Bertz CT molecular complexity index is 645. The van der Waals surface area contributed by atoms with Crippen molar-refractivity contribution in [3.63, 3.8) is 0 Å². The average molecular weight is 276 g/mol. The summed E-state index contributed by atoms with van der Waals surface area (Å²) in [7, 11) is 0. The molecule has 1 aromatic carbocycles. The normalized spacial score (nSPS) is 9.58. The molecule has 0 aliphatic rings. The van der Waals surface area contributed by atoms with E-state index in [1.54, 1.807) is 0 Å². The zero-order valence-corrected chi connectivity index (χ0v) is 10.5. The Morgan fingerprint density at radius 2 is 2.37 bits per heavy atom. The Kier molecular flexibility index (Phi) is 4.18. The minimum atomic E-state index is -0.432. The molecule has 0 spiro atoms. The smallest absolute Gasteiger partial charge is 0.269 e. The van der Waals surface area contributed by atoms with Crippen molar-refractivity contribution in [1.29, 1.82) is 0 Å². The molecule has 7 heteroatoms. The highest BCUT2D eigenvalue weighted by atomic mass is 32.1. The molecule has 2 aromatic rings. The number of carbonyl (C=O) groups is 1. The number of hydrogen-bond acceptors (Lipinski definition) is 5. The molecular formula is C12H9FN4OS. The van der Waals surface area contributed by atoms with Crippen molar-refractivity contribution in [2.75, 3.05) is 11.9 Å². The minimum absolute atomic E-state index is 0.155. The highest BCUT2D eigenvalue weighted by molar-refractivity contribution is 7.07. The van der Waals surface area contributed by atoms with Crippen LogP contribution in [-0.4, -0.2) is 22.0 Å². The number of carbonyl (C=O) groups excluding carboxylic acids is 1. The standard InChI is InChI=1S/C12H9FN4OS/c13-9-3-4-10(8(6-9)2-1-5-14)16-12(18)11-7-15-17-19-11/h3-4,6-7H,5,14H2,(H,16,18). The summed E-state index contributed by atoms with van der Waals surface area (Å²) in [5, 5.41) is 6.20. The zero-order valence-electron chi connectivity index (χ0n) is 9.68. The third-order valence-corrected chi connectivity index (χ3v) is 2.80. The van der Waals surface area contributed by atoms with Gasteiger partial charge in [0.1, 0.15) is 10.7 Å². The molecule has 3 N–H and O–H groups in total. The summed E-state index contributed by atoms with van der Waals surface area (Å²) in [6.07, 6.45) is 1.36. The molecule has 0 saturated heterocycles. The van der Waals surface area contributed by atoms with Crippen molar-refractivity contribution in [2.24, 2.45) is 5.73 Å². The quantitative estimate of drug-likeness (QED) is 0.809. The molecule has 0 unspecified atom stereocenters. The van der Waals surface area contributed by atoms with Gasteiger partial charge in [-0.1, -0.05) is 16.3 Å². The van der Waals surface area contributed by atoms with E-state index in [1.807, 2.05) is 0 Å². The van der Waals surface area contributed by atoms with Gasteiger partial charge in [0.05, 0.1) is 24.0 Å².